The number of benzene rings is 2. The maximum Gasteiger partial charge on any atom is 0.251 e. The van der Waals surface area contributed by atoms with Crippen LogP contribution in [0.2, 0.25) is 0 Å². The molecule has 1 amide bonds. The van der Waals surface area contributed by atoms with Crippen molar-refractivity contribution in [3.8, 4) is 11.1 Å². The Morgan fingerprint density at radius 1 is 0.944 bits per heavy atom. The first-order valence-corrected chi connectivity index (χ1v) is 5.72. The average Bonchev–Trinajstić information content (AvgIpc) is 2.72. The van der Waals surface area contributed by atoms with Gasteiger partial charge >= 0.3 is 0 Å². The lowest BCUT2D eigenvalue weighted by Crippen LogP contribution is -2.18. The molecule has 1 aliphatic carbocycles. The van der Waals surface area contributed by atoms with Crippen molar-refractivity contribution in [2.75, 3.05) is 7.05 Å². The Morgan fingerprint density at radius 2 is 1.61 bits per heavy atom. The fourth-order valence-electron chi connectivity index (χ4n) is 2.31. The first kappa shape index (κ1) is 10.7. The zero-order valence-corrected chi connectivity index (χ0v) is 9.86. The molecule has 0 fully saturated rings. The zero-order valence-electron chi connectivity index (χ0n) is 9.86. The van der Waals surface area contributed by atoms with E-state index in [1.54, 1.807) is 19.2 Å². The van der Waals surface area contributed by atoms with E-state index in [2.05, 4.69) is 5.32 Å². The Bertz CT molecular complexity index is 674. The van der Waals surface area contributed by atoms with Gasteiger partial charge in [0, 0.05) is 23.7 Å². The van der Waals surface area contributed by atoms with Crippen LogP contribution in [0.1, 0.15) is 26.3 Å². The molecule has 2 aromatic carbocycles. The highest BCUT2D eigenvalue weighted by Gasteiger charge is 2.26. The van der Waals surface area contributed by atoms with Gasteiger partial charge in [0.1, 0.15) is 0 Å². The highest BCUT2D eigenvalue weighted by Crippen LogP contribution is 2.36. The third kappa shape index (κ3) is 1.37. The summed E-state index contributed by atoms with van der Waals surface area (Å²) in [7, 11) is 1.58. The Hall–Kier alpha value is -2.42. The lowest BCUT2D eigenvalue weighted by molar-refractivity contribution is 0.0963. The van der Waals surface area contributed by atoms with Gasteiger partial charge in [-0.05, 0) is 23.3 Å². The lowest BCUT2D eigenvalue weighted by Gasteiger charge is -2.03. The highest BCUT2D eigenvalue weighted by molar-refractivity contribution is 6.22. The van der Waals surface area contributed by atoms with Crippen molar-refractivity contribution in [3.05, 3.63) is 59.2 Å². The quantitative estimate of drug-likeness (QED) is 0.705. The molecule has 3 rings (SSSR count). The molecule has 0 bridgehead atoms. The second-order valence-corrected chi connectivity index (χ2v) is 4.21. The number of hydrogen-bond donors (Lipinski definition) is 1. The fourth-order valence-corrected chi connectivity index (χ4v) is 2.31. The maximum absolute atomic E-state index is 12.2. The Balaban J connectivity index is 2.20. The molecule has 0 aliphatic heterocycles. The summed E-state index contributed by atoms with van der Waals surface area (Å²) in [5.74, 6) is -0.187. The van der Waals surface area contributed by atoms with Crippen LogP contribution in [-0.4, -0.2) is 18.7 Å². The number of rotatable bonds is 1. The highest BCUT2D eigenvalue weighted by atomic mass is 16.1. The molecule has 0 radical (unpaired) electrons. The summed E-state index contributed by atoms with van der Waals surface area (Å²) >= 11 is 0. The topological polar surface area (TPSA) is 46.2 Å². The first-order valence-electron chi connectivity index (χ1n) is 5.72. The van der Waals surface area contributed by atoms with Crippen LogP contribution in [0.4, 0.5) is 0 Å². The molecular weight excluding hydrogens is 226 g/mol. The molecule has 88 valence electrons. The van der Waals surface area contributed by atoms with Crippen LogP contribution in [0.5, 0.6) is 0 Å². The molecule has 0 unspecified atom stereocenters. The molecule has 2 aromatic rings. The number of hydrogen-bond acceptors (Lipinski definition) is 2. The minimum atomic E-state index is -0.179. The number of ketones is 1. The summed E-state index contributed by atoms with van der Waals surface area (Å²) < 4.78 is 0. The summed E-state index contributed by atoms with van der Waals surface area (Å²) in [5.41, 5.74) is 3.68. The molecular formula is C15H11NO2. The number of nitrogens with one attached hydrogen (secondary N) is 1. The predicted octanol–water partition coefficient (Wildman–Crippen LogP) is 2.26. The van der Waals surface area contributed by atoms with Crippen LogP contribution < -0.4 is 5.32 Å². The van der Waals surface area contributed by atoms with Crippen molar-refractivity contribution in [2.24, 2.45) is 0 Å². The standard InChI is InChI=1S/C15H11NO2/c1-16-15(18)9-6-7-11-10-4-2-3-5-12(10)14(17)13(11)8-9/h2-8H,1H3,(H,16,18). The predicted molar refractivity (Wildman–Crippen MR) is 68.7 cm³/mol. The molecule has 1 N–H and O–H groups in total. The number of amides is 1. The van der Waals surface area contributed by atoms with Gasteiger partial charge in [0.15, 0.2) is 5.78 Å². The Kier molecular flexibility index (Phi) is 2.27. The van der Waals surface area contributed by atoms with Gasteiger partial charge in [-0.15, -0.1) is 0 Å². The van der Waals surface area contributed by atoms with E-state index in [0.29, 0.717) is 16.7 Å². The van der Waals surface area contributed by atoms with Crippen molar-refractivity contribution >= 4 is 11.7 Å². The molecule has 0 saturated carbocycles. The van der Waals surface area contributed by atoms with Crippen LogP contribution >= 0.6 is 0 Å². The fraction of sp³-hybridized carbons (Fsp3) is 0.0667. The van der Waals surface area contributed by atoms with E-state index < -0.39 is 0 Å². The number of fused-ring (bicyclic) bond motifs is 3. The summed E-state index contributed by atoms with van der Waals surface area (Å²) in [4.78, 5) is 23.8. The first-order chi connectivity index (χ1) is 8.72. The van der Waals surface area contributed by atoms with Crippen LogP contribution in [0, 0.1) is 0 Å². The average molecular weight is 237 g/mol. The summed E-state index contributed by atoms with van der Waals surface area (Å²) in [6.07, 6.45) is 0. The molecule has 0 atom stereocenters. The second kappa shape index (κ2) is 3.81. The van der Waals surface area contributed by atoms with Crippen molar-refractivity contribution in [2.45, 2.75) is 0 Å². The second-order valence-electron chi connectivity index (χ2n) is 4.21. The van der Waals surface area contributed by atoms with Gasteiger partial charge in [0.2, 0.25) is 0 Å². The largest absolute Gasteiger partial charge is 0.355 e. The third-order valence-electron chi connectivity index (χ3n) is 3.22. The zero-order chi connectivity index (χ0) is 12.7. The van der Waals surface area contributed by atoms with Gasteiger partial charge in [-0.3, -0.25) is 9.59 Å². The molecule has 18 heavy (non-hydrogen) atoms. The molecule has 0 aromatic heterocycles. The van der Waals surface area contributed by atoms with Crippen molar-refractivity contribution in [1.29, 1.82) is 0 Å². The minimum absolute atomic E-state index is 0.00801. The summed E-state index contributed by atoms with van der Waals surface area (Å²) in [6, 6.07) is 12.7. The van der Waals surface area contributed by atoms with Gasteiger partial charge in [0.05, 0.1) is 0 Å². The van der Waals surface area contributed by atoms with Crippen molar-refractivity contribution in [1.82, 2.24) is 5.32 Å². The molecule has 0 saturated heterocycles. The van der Waals surface area contributed by atoms with Gasteiger partial charge in [-0.2, -0.15) is 0 Å². The maximum atomic E-state index is 12.2. The van der Waals surface area contributed by atoms with E-state index in [0.717, 1.165) is 11.1 Å². The Morgan fingerprint density at radius 3 is 2.33 bits per heavy atom. The van der Waals surface area contributed by atoms with E-state index in [4.69, 9.17) is 0 Å². The molecule has 3 nitrogen and oxygen atoms in total. The van der Waals surface area contributed by atoms with Gasteiger partial charge in [-0.1, -0.05) is 30.3 Å². The van der Waals surface area contributed by atoms with E-state index in [1.807, 2.05) is 30.3 Å². The van der Waals surface area contributed by atoms with Crippen LogP contribution in [0.25, 0.3) is 11.1 Å². The lowest BCUT2D eigenvalue weighted by atomic mass is 10.0. The summed E-state index contributed by atoms with van der Waals surface area (Å²) in [5, 5.41) is 2.56. The Labute approximate surface area is 104 Å². The van der Waals surface area contributed by atoms with Crippen molar-refractivity contribution in [3.63, 3.8) is 0 Å². The molecule has 1 aliphatic rings. The number of carbonyl (C=O) groups is 2. The molecule has 3 heteroatoms. The summed E-state index contributed by atoms with van der Waals surface area (Å²) in [6.45, 7) is 0. The van der Waals surface area contributed by atoms with E-state index in [9.17, 15) is 9.59 Å². The minimum Gasteiger partial charge on any atom is -0.355 e. The van der Waals surface area contributed by atoms with Gasteiger partial charge in [-0.25, -0.2) is 0 Å². The van der Waals surface area contributed by atoms with Crippen molar-refractivity contribution < 1.29 is 9.59 Å². The van der Waals surface area contributed by atoms with E-state index in [1.165, 1.54) is 0 Å². The monoisotopic (exact) mass is 237 g/mol. The van der Waals surface area contributed by atoms with Crippen LogP contribution in [0.15, 0.2) is 42.5 Å². The third-order valence-corrected chi connectivity index (χ3v) is 3.22. The normalized spacial score (nSPS) is 11.9. The van der Waals surface area contributed by atoms with Gasteiger partial charge < -0.3 is 5.32 Å². The molecule has 0 heterocycles. The van der Waals surface area contributed by atoms with E-state index in [-0.39, 0.29) is 11.7 Å². The van der Waals surface area contributed by atoms with Gasteiger partial charge in [0.25, 0.3) is 5.91 Å². The SMILES string of the molecule is CNC(=O)c1ccc2c(c1)C(=O)c1ccccc1-2. The number of carbonyl (C=O) groups excluding carboxylic acids is 2. The molecule has 0 spiro atoms. The van der Waals surface area contributed by atoms with E-state index >= 15 is 0 Å². The van der Waals surface area contributed by atoms with Crippen LogP contribution in [0.3, 0.4) is 0 Å². The smallest absolute Gasteiger partial charge is 0.251 e. The van der Waals surface area contributed by atoms with Crippen LogP contribution in [-0.2, 0) is 0 Å².